The van der Waals surface area contributed by atoms with Crippen LogP contribution in [0.4, 0.5) is 5.82 Å². The number of hydrogen-bond donors (Lipinski definition) is 2. The molecule has 33 heavy (non-hydrogen) atoms. The van der Waals surface area contributed by atoms with Crippen LogP contribution in [0.5, 0.6) is 11.5 Å². The Labute approximate surface area is 190 Å². The fourth-order valence-electron chi connectivity index (χ4n) is 3.99. The number of nitrogens with zero attached hydrogens (tertiary/aromatic N) is 2. The Morgan fingerprint density at radius 3 is 2.67 bits per heavy atom. The number of aromatic nitrogens is 1. The lowest BCUT2D eigenvalue weighted by atomic mass is 10.0. The topological polar surface area (TPSA) is 79.9 Å². The predicted molar refractivity (Wildman–Crippen MR) is 130 cm³/mol. The number of fused-ring (bicyclic) bond motifs is 2. The maximum absolute atomic E-state index is 9.98. The summed E-state index contributed by atoms with van der Waals surface area (Å²) >= 11 is 0. The van der Waals surface area contributed by atoms with Crippen molar-refractivity contribution in [2.45, 2.75) is 13.8 Å². The lowest BCUT2D eigenvalue weighted by Crippen LogP contribution is -2.09. The molecule has 0 aliphatic carbocycles. The summed E-state index contributed by atoms with van der Waals surface area (Å²) < 4.78 is 11.5. The van der Waals surface area contributed by atoms with Crippen LogP contribution >= 0.6 is 0 Å². The van der Waals surface area contributed by atoms with Crippen LogP contribution in [0, 0.1) is 13.8 Å². The van der Waals surface area contributed by atoms with Crippen molar-refractivity contribution in [3.63, 3.8) is 0 Å². The van der Waals surface area contributed by atoms with E-state index in [0.717, 1.165) is 43.9 Å². The van der Waals surface area contributed by atoms with E-state index in [0.29, 0.717) is 17.3 Å². The second-order valence-corrected chi connectivity index (χ2v) is 7.95. The molecule has 5 aromatic rings. The Kier molecular flexibility index (Phi) is 5.18. The third-order valence-corrected chi connectivity index (χ3v) is 5.54. The maximum atomic E-state index is 9.98. The Morgan fingerprint density at radius 2 is 1.82 bits per heavy atom. The van der Waals surface area contributed by atoms with Crippen molar-refractivity contribution < 1.29 is 14.3 Å². The summed E-state index contributed by atoms with van der Waals surface area (Å²) in [5.74, 6) is 1.71. The van der Waals surface area contributed by atoms with E-state index in [1.54, 1.807) is 18.2 Å². The van der Waals surface area contributed by atoms with Gasteiger partial charge in [0, 0.05) is 22.4 Å². The van der Waals surface area contributed by atoms with Gasteiger partial charge in [0.25, 0.3) is 0 Å². The number of aryl methyl sites for hydroxylation is 2. The Balaban J connectivity index is 1.67. The molecule has 0 saturated carbocycles. The Hall–Kier alpha value is -4.32. The van der Waals surface area contributed by atoms with Crippen molar-refractivity contribution in [2.75, 3.05) is 12.5 Å². The van der Waals surface area contributed by atoms with Gasteiger partial charge in [-0.1, -0.05) is 24.3 Å². The number of pyridine rings is 1. The van der Waals surface area contributed by atoms with Crippen LogP contribution in [0.1, 0.15) is 11.1 Å². The van der Waals surface area contributed by atoms with Gasteiger partial charge in [0.2, 0.25) is 0 Å². The molecule has 0 fully saturated rings. The summed E-state index contributed by atoms with van der Waals surface area (Å²) in [6.45, 7) is 4.08. The normalized spacial score (nSPS) is 11.8. The number of para-hydroxylation sites is 1. The summed E-state index contributed by atoms with van der Waals surface area (Å²) in [5, 5.41) is 17.4. The summed E-state index contributed by atoms with van der Waals surface area (Å²) in [4.78, 5) is 4.65. The van der Waals surface area contributed by atoms with E-state index < -0.39 is 0 Å². The van der Waals surface area contributed by atoms with Crippen molar-refractivity contribution >= 4 is 27.7 Å². The molecule has 2 aromatic heterocycles. The molecule has 0 unspecified atom stereocenters. The van der Waals surface area contributed by atoms with E-state index in [4.69, 9.17) is 14.3 Å². The summed E-state index contributed by atoms with van der Waals surface area (Å²) in [5.41, 5.74) is 7.66. The standard InChI is InChI=1S/C27H23N3O3/c1-16-12-17(2)27-21(29-30-26-11-9-18-6-4-5-7-20(18)28-26)15-23(33-25(27)13-16)19-8-10-22(31)24(14-19)32-3/h4-15,31H,1-3H3,(H,28,30)/b29-21+. The summed E-state index contributed by atoms with van der Waals surface area (Å²) in [7, 11) is 1.52. The molecule has 2 N–H and O–H groups in total. The molecule has 0 bridgehead atoms. The molecule has 0 amide bonds. The molecule has 3 aromatic carbocycles. The van der Waals surface area contributed by atoms with Crippen molar-refractivity contribution in [1.82, 2.24) is 4.98 Å². The van der Waals surface area contributed by atoms with E-state index in [1.807, 2.05) is 62.4 Å². The first-order chi connectivity index (χ1) is 16.0. The van der Waals surface area contributed by atoms with Crippen LogP contribution in [0.25, 0.3) is 33.2 Å². The monoisotopic (exact) mass is 437 g/mol. The highest BCUT2D eigenvalue weighted by Gasteiger charge is 2.11. The molecular formula is C27H23N3O3. The van der Waals surface area contributed by atoms with E-state index in [2.05, 4.69) is 16.5 Å². The first-order valence-electron chi connectivity index (χ1n) is 10.6. The van der Waals surface area contributed by atoms with Crippen LogP contribution in [-0.4, -0.2) is 17.2 Å². The molecule has 6 nitrogen and oxygen atoms in total. The van der Waals surface area contributed by atoms with Gasteiger partial charge in [-0.05, 0) is 67.4 Å². The predicted octanol–water partition coefficient (Wildman–Crippen LogP) is 5.91. The molecule has 5 rings (SSSR count). The quantitative estimate of drug-likeness (QED) is 0.342. The van der Waals surface area contributed by atoms with Crippen molar-refractivity contribution in [3.8, 4) is 22.8 Å². The smallest absolute Gasteiger partial charge is 0.161 e. The number of hydrogen-bond acceptors (Lipinski definition) is 6. The van der Waals surface area contributed by atoms with Gasteiger partial charge in [-0.25, -0.2) is 4.98 Å². The van der Waals surface area contributed by atoms with Gasteiger partial charge >= 0.3 is 0 Å². The van der Waals surface area contributed by atoms with Crippen molar-refractivity contribution in [3.05, 3.63) is 89.3 Å². The fourth-order valence-corrected chi connectivity index (χ4v) is 3.99. The third-order valence-electron chi connectivity index (χ3n) is 5.54. The first kappa shape index (κ1) is 20.6. The maximum Gasteiger partial charge on any atom is 0.161 e. The van der Waals surface area contributed by atoms with Gasteiger partial charge in [0.1, 0.15) is 17.2 Å². The number of aromatic hydroxyl groups is 1. The highest BCUT2D eigenvalue weighted by atomic mass is 16.5. The minimum atomic E-state index is 0.0719. The number of benzene rings is 3. The number of anilines is 1. The highest BCUT2D eigenvalue weighted by molar-refractivity contribution is 5.83. The zero-order chi connectivity index (χ0) is 22.9. The van der Waals surface area contributed by atoms with Gasteiger partial charge in [0.05, 0.1) is 18.0 Å². The number of rotatable bonds is 4. The molecule has 6 heteroatoms. The number of ether oxygens (including phenoxy) is 1. The minimum Gasteiger partial charge on any atom is -0.504 e. The molecule has 0 aliphatic rings. The highest BCUT2D eigenvalue weighted by Crippen LogP contribution is 2.32. The second-order valence-electron chi connectivity index (χ2n) is 7.95. The minimum absolute atomic E-state index is 0.0719. The SMILES string of the molecule is COc1cc(-c2c/c(=N\Nc3ccc4ccccc4n3)c3c(C)cc(C)cc3o2)ccc1O. The summed E-state index contributed by atoms with van der Waals surface area (Å²) in [6.07, 6.45) is 0. The number of phenols is 1. The van der Waals surface area contributed by atoms with Crippen LogP contribution in [0.3, 0.4) is 0 Å². The molecule has 0 saturated heterocycles. The number of nitrogens with one attached hydrogen (secondary N) is 1. The van der Waals surface area contributed by atoms with Crippen LogP contribution in [-0.2, 0) is 0 Å². The van der Waals surface area contributed by atoms with Crippen LogP contribution in [0.15, 0.2) is 82.3 Å². The molecule has 0 spiro atoms. The van der Waals surface area contributed by atoms with E-state index in [9.17, 15) is 5.11 Å². The van der Waals surface area contributed by atoms with E-state index >= 15 is 0 Å². The molecule has 0 aliphatic heterocycles. The molecule has 2 heterocycles. The van der Waals surface area contributed by atoms with Gasteiger partial charge in [-0.15, -0.1) is 0 Å². The largest absolute Gasteiger partial charge is 0.504 e. The lowest BCUT2D eigenvalue weighted by Gasteiger charge is -2.10. The van der Waals surface area contributed by atoms with E-state index in [-0.39, 0.29) is 5.75 Å². The van der Waals surface area contributed by atoms with Crippen LogP contribution in [0.2, 0.25) is 0 Å². The van der Waals surface area contributed by atoms with Gasteiger partial charge in [-0.2, -0.15) is 5.10 Å². The first-order valence-corrected chi connectivity index (χ1v) is 10.6. The fraction of sp³-hybridized carbons (Fsp3) is 0.111. The zero-order valence-corrected chi connectivity index (χ0v) is 18.6. The Bertz CT molecular complexity index is 1570. The third kappa shape index (κ3) is 3.99. The van der Waals surface area contributed by atoms with Crippen molar-refractivity contribution in [1.29, 1.82) is 0 Å². The van der Waals surface area contributed by atoms with Crippen LogP contribution < -0.4 is 15.5 Å². The molecule has 164 valence electrons. The molecule has 0 atom stereocenters. The average Bonchev–Trinajstić information content (AvgIpc) is 2.82. The molecule has 0 radical (unpaired) electrons. The van der Waals surface area contributed by atoms with Gasteiger partial charge in [0.15, 0.2) is 11.5 Å². The van der Waals surface area contributed by atoms with Gasteiger partial charge < -0.3 is 14.3 Å². The lowest BCUT2D eigenvalue weighted by molar-refractivity contribution is 0.373. The number of phenolic OH excluding ortho intramolecular Hbond substituents is 1. The average molecular weight is 437 g/mol. The molecular weight excluding hydrogens is 414 g/mol. The van der Waals surface area contributed by atoms with Gasteiger partial charge in [-0.3, -0.25) is 5.43 Å². The zero-order valence-electron chi connectivity index (χ0n) is 18.6. The second kappa shape index (κ2) is 8.31. The van der Waals surface area contributed by atoms with E-state index in [1.165, 1.54) is 7.11 Å². The Morgan fingerprint density at radius 1 is 0.970 bits per heavy atom. The summed E-state index contributed by atoms with van der Waals surface area (Å²) in [6, 6.07) is 23.0. The number of methoxy groups -OCH3 is 1. The van der Waals surface area contributed by atoms with Crippen molar-refractivity contribution in [2.24, 2.45) is 5.10 Å².